The summed E-state index contributed by atoms with van der Waals surface area (Å²) in [6, 6.07) is 75.7. The molecule has 0 saturated carbocycles. The van der Waals surface area contributed by atoms with Gasteiger partial charge in [-0.1, -0.05) is 203 Å². The minimum Gasteiger partial charge on any atom is -0.509 e. The molecule has 2 aromatic heterocycles. The fourth-order valence-corrected chi connectivity index (χ4v) is 10.9. The SMILES string of the molecule is CC(C)(C)c1cc(Oc2[c-]c3c(cc2)c2cc(C(C)(c4ccccc4)c4ccccc4)ccc2n3-c2cc(C(C)(C)c3ccccc3)ccn2)[c-]c(N2[CH-]N(c3cc(C(C)(C)C)cc(C(C)(C)C)c3)c3ccccc32)c1.[Pt]. The molecule has 10 aromatic rings. The van der Waals surface area contributed by atoms with Crippen LogP contribution in [0.5, 0.6) is 11.5 Å². The van der Waals surface area contributed by atoms with Gasteiger partial charge < -0.3 is 19.1 Å². The van der Waals surface area contributed by atoms with E-state index in [2.05, 4.69) is 304 Å². The first-order valence-corrected chi connectivity index (χ1v) is 26.8. The van der Waals surface area contributed by atoms with Gasteiger partial charge in [0.2, 0.25) is 0 Å². The van der Waals surface area contributed by atoms with Gasteiger partial charge in [-0.15, -0.1) is 53.6 Å². The summed E-state index contributed by atoms with van der Waals surface area (Å²) in [7, 11) is 0. The summed E-state index contributed by atoms with van der Waals surface area (Å²) in [5.41, 5.74) is 15.0. The van der Waals surface area contributed by atoms with Crippen LogP contribution in [0.4, 0.5) is 22.7 Å². The van der Waals surface area contributed by atoms with E-state index in [0.29, 0.717) is 11.5 Å². The molecule has 0 fully saturated rings. The van der Waals surface area contributed by atoms with E-state index in [4.69, 9.17) is 9.72 Å². The molecular weight excluding hydrogens is 1120 g/mol. The molecule has 8 aromatic carbocycles. The molecule has 1 aliphatic heterocycles. The van der Waals surface area contributed by atoms with Gasteiger partial charge in [0, 0.05) is 72.2 Å². The van der Waals surface area contributed by atoms with Crippen LogP contribution in [0.25, 0.3) is 27.6 Å². The van der Waals surface area contributed by atoms with Crippen LogP contribution in [0.1, 0.15) is 128 Å². The van der Waals surface area contributed by atoms with Crippen molar-refractivity contribution in [1.29, 1.82) is 0 Å². The number of aromatic nitrogens is 2. The van der Waals surface area contributed by atoms with E-state index < -0.39 is 5.41 Å². The minimum atomic E-state index is -0.433. The summed E-state index contributed by atoms with van der Waals surface area (Å²) < 4.78 is 9.31. The van der Waals surface area contributed by atoms with E-state index in [9.17, 15) is 0 Å². The molecule has 0 amide bonds. The van der Waals surface area contributed by atoms with E-state index in [-0.39, 0.29) is 42.7 Å². The van der Waals surface area contributed by atoms with Crippen LogP contribution in [-0.4, -0.2) is 9.55 Å². The van der Waals surface area contributed by atoms with Crippen molar-refractivity contribution in [2.75, 3.05) is 9.80 Å². The molecular formula is C71H69N4OPt-3. The van der Waals surface area contributed by atoms with Gasteiger partial charge in [0.15, 0.2) is 0 Å². The second kappa shape index (κ2) is 20.0. The predicted molar refractivity (Wildman–Crippen MR) is 317 cm³/mol. The molecule has 6 heteroatoms. The average Bonchev–Trinajstić information content (AvgIpc) is 4.03. The molecule has 77 heavy (non-hydrogen) atoms. The van der Waals surface area contributed by atoms with Crippen LogP contribution < -0.4 is 14.5 Å². The first kappa shape index (κ1) is 53.2. The maximum atomic E-state index is 7.05. The van der Waals surface area contributed by atoms with Crippen molar-refractivity contribution >= 4 is 44.6 Å². The van der Waals surface area contributed by atoms with Crippen LogP contribution in [0, 0.1) is 18.8 Å². The van der Waals surface area contributed by atoms with E-state index in [1.807, 2.05) is 6.20 Å². The van der Waals surface area contributed by atoms with E-state index in [1.54, 1.807) is 0 Å². The number of fused-ring (bicyclic) bond motifs is 4. The smallest absolute Gasteiger partial charge is 0.135 e. The maximum Gasteiger partial charge on any atom is 0.135 e. The molecule has 0 spiro atoms. The van der Waals surface area contributed by atoms with Crippen LogP contribution in [-0.2, 0) is 48.1 Å². The zero-order valence-electron chi connectivity index (χ0n) is 46.6. The maximum absolute atomic E-state index is 7.05. The molecule has 0 aliphatic carbocycles. The number of hydrogen-bond donors (Lipinski definition) is 0. The van der Waals surface area contributed by atoms with Gasteiger partial charge >= 0.3 is 0 Å². The molecule has 5 nitrogen and oxygen atoms in total. The Kier molecular flexibility index (Phi) is 13.8. The third kappa shape index (κ3) is 9.93. The first-order valence-electron chi connectivity index (χ1n) is 26.8. The van der Waals surface area contributed by atoms with Crippen molar-refractivity contribution < 1.29 is 25.8 Å². The van der Waals surface area contributed by atoms with E-state index >= 15 is 0 Å². The van der Waals surface area contributed by atoms with Gasteiger partial charge in [-0.2, -0.15) is 6.07 Å². The molecule has 1 aliphatic rings. The Morgan fingerprint density at radius 3 is 1.56 bits per heavy atom. The van der Waals surface area contributed by atoms with Crippen molar-refractivity contribution in [2.24, 2.45) is 0 Å². The summed E-state index contributed by atoms with van der Waals surface area (Å²) in [5, 5.41) is 2.17. The van der Waals surface area contributed by atoms with Crippen LogP contribution in [0.3, 0.4) is 0 Å². The average molecular weight is 1190 g/mol. The summed E-state index contributed by atoms with van der Waals surface area (Å²) in [6.45, 7) is 29.6. The van der Waals surface area contributed by atoms with Gasteiger partial charge in [0.05, 0.1) is 0 Å². The molecule has 0 saturated heterocycles. The Labute approximate surface area is 471 Å². The summed E-state index contributed by atoms with van der Waals surface area (Å²) >= 11 is 0. The summed E-state index contributed by atoms with van der Waals surface area (Å²) in [4.78, 5) is 9.71. The van der Waals surface area contributed by atoms with Crippen molar-refractivity contribution in [1.82, 2.24) is 9.55 Å². The Balaban J connectivity index is 0.00000672. The number of anilines is 4. The molecule has 3 heterocycles. The van der Waals surface area contributed by atoms with Gasteiger partial charge in [-0.3, -0.25) is 0 Å². The Morgan fingerprint density at radius 1 is 0.429 bits per heavy atom. The van der Waals surface area contributed by atoms with Crippen LogP contribution in [0.2, 0.25) is 0 Å². The Hall–Kier alpha value is -7.20. The van der Waals surface area contributed by atoms with Gasteiger partial charge in [0.25, 0.3) is 0 Å². The monoisotopic (exact) mass is 1190 g/mol. The third-order valence-electron chi connectivity index (χ3n) is 15.9. The van der Waals surface area contributed by atoms with Gasteiger partial charge in [0.1, 0.15) is 5.82 Å². The van der Waals surface area contributed by atoms with Crippen molar-refractivity contribution in [3.63, 3.8) is 0 Å². The Morgan fingerprint density at radius 2 is 0.974 bits per heavy atom. The Bertz CT molecular complexity index is 3690. The van der Waals surface area contributed by atoms with Crippen LogP contribution >= 0.6 is 0 Å². The molecule has 11 rings (SSSR count). The molecule has 0 unspecified atom stereocenters. The van der Waals surface area contributed by atoms with Gasteiger partial charge in [-0.05, 0) is 110 Å². The van der Waals surface area contributed by atoms with Crippen molar-refractivity contribution in [3.8, 4) is 17.3 Å². The third-order valence-corrected chi connectivity index (χ3v) is 15.9. The van der Waals surface area contributed by atoms with E-state index in [1.165, 1.54) is 38.9 Å². The quantitative estimate of drug-likeness (QED) is 0.101. The topological polar surface area (TPSA) is 33.5 Å². The minimum absolute atomic E-state index is 0. The molecule has 0 N–H and O–H groups in total. The first-order chi connectivity index (χ1) is 36.2. The number of para-hydroxylation sites is 2. The molecule has 0 bridgehead atoms. The number of hydrogen-bond acceptors (Lipinski definition) is 4. The van der Waals surface area contributed by atoms with Gasteiger partial charge in [-0.25, -0.2) is 4.98 Å². The zero-order chi connectivity index (χ0) is 53.4. The largest absolute Gasteiger partial charge is 0.509 e. The zero-order valence-corrected chi connectivity index (χ0v) is 48.8. The number of nitrogens with zero attached hydrogens (tertiary/aromatic N) is 4. The molecule has 0 atom stereocenters. The standard InChI is InChI=1S/C71H69N4O.Pt/c1-67(2,3)53-38-54(68(4,5)6)40-56(39-53)73-47-74(64-31-23-22-30-63(64)73)57-41-55(69(7,8)9)42-59(45-57)76-58-33-34-60-61-43-52(71(12,49-26-18-14-19-27-49)50-28-20-15-21-29-50)32-35-62(61)75(65(60)46-58)66-44-51(36-37-72-66)70(10,11)48-24-16-13-17-25-48;/h13-44,47H,1-12H3;/q-3;. The van der Waals surface area contributed by atoms with Crippen molar-refractivity contribution in [3.05, 3.63) is 258 Å². The summed E-state index contributed by atoms with van der Waals surface area (Å²) in [5.74, 6) is 2.02. The number of rotatable bonds is 10. The molecule has 392 valence electrons. The predicted octanol–water partition coefficient (Wildman–Crippen LogP) is 18.6. The van der Waals surface area contributed by atoms with E-state index in [0.717, 1.165) is 55.9 Å². The molecule has 0 radical (unpaired) electrons. The second-order valence-corrected chi connectivity index (χ2v) is 24.5. The normalized spacial score (nSPS) is 13.2. The number of ether oxygens (including phenoxy) is 1. The second-order valence-electron chi connectivity index (χ2n) is 24.5. The fourth-order valence-electron chi connectivity index (χ4n) is 10.9. The number of benzene rings is 8. The number of pyridine rings is 1. The summed E-state index contributed by atoms with van der Waals surface area (Å²) in [6.07, 6.45) is 1.94. The van der Waals surface area contributed by atoms with Crippen molar-refractivity contribution in [2.45, 2.75) is 110 Å². The van der Waals surface area contributed by atoms with Crippen LogP contribution in [0.15, 0.2) is 194 Å². The fraction of sp³-hybridized carbons (Fsp3) is 0.239.